The lowest BCUT2D eigenvalue weighted by atomic mass is 10.4. The molecular weight excluding hydrogens is 318 g/mol. The number of pyridine rings is 1. The van der Waals surface area contributed by atoms with Gasteiger partial charge in [-0.2, -0.15) is 5.10 Å². The van der Waals surface area contributed by atoms with Crippen LogP contribution >= 0.6 is 0 Å². The highest BCUT2D eigenvalue weighted by Crippen LogP contribution is 1.80. The first-order valence-electron chi connectivity index (χ1n) is 8.68. The SMILES string of the molecule is C.C.CC.CC.CC.Cn1cccn1.c1ccccc1.c1ccncc1. The zero-order chi connectivity index (χ0) is 18.9. The summed E-state index contributed by atoms with van der Waals surface area (Å²) in [4.78, 5) is 3.78. The molecule has 0 saturated heterocycles. The van der Waals surface area contributed by atoms with Crippen molar-refractivity contribution in [2.24, 2.45) is 7.05 Å². The summed E-state index contributed by atoms with van der Waals surface area (Å²) in [5.74, 6) is 0. The van der Waals surface area contributed by atoms with Gasteiger partial charge in [0, 0.05) is 31.8 Å². The zero-order valence-electron chi connectivity index (χ0n) is 16.4. The lowest BCUT2D eigenvalue weighted by molar-refractivity contribution is 0.768. The van der Waals surface area contributed by atoms with Gasteiger partial charge in [-0.05, 0) is 18.2 Å². The van der Waals surface area contributed by atoms with Crippen molar-refractivity contribution in [1.82, 2.24) is 14.8 Å². The first-order chi connectivity index (χ1) is 11.9. The number of hydrogen-bond donors (Lipinski definition) is 0. The van der Waals surface area contributed by atoms with Crippen LogP contribution in [0.4, 0.5) is 0 Å². The summed E-state index contributed by atoms with van der Waals surface area (Å²) in [6.07, 6.45) is 7.14. The Kier molecular flexibility index (Phi) is 51.2. The first-order valence-corrected chi connectivity index (χ1v) is 8.68. The molecule has 1 aromatic carbocycles. The van der Waals surface area contributed by atoms with Gasteiger partial charge in [0.15, 0.2) is 0 Å². The van der Waals surface area contributed by atoms with Crippen LogP contribution in [0, 0.1) is 0 Å². The van der Waals surface area contributed by atoms with Crippen molar-refractivity contribution in [3.63, 3.8) is 0 Å². The molecule has 0 unspecified atom stereocenters. The second-order valence-electron chi connectivity index (χ2n) is 3.36. The third-order valence-corrected chi connectivity index (χ3v) is 1.87. The summed E-state index contributed by atoms with van der Waals surface area (Å²) in [6, 6.07) is 19.6. The lowest BCUT2D eigenvalue weighted by Gasteiger charge is -1.77. The van der Waals surface area contributed by atoms with E-state index in [4.69, 9.17) is 0 Å². The van der Waals surface area contributed by atoms with E-state index in [-0.39, 0.29) is 14.9 Å². The molecule has 0 spiro atoms. The summed E-state index contributed by atoms with van der Waals surface area (Å²) in [5, 5.41) is 3.83. The van der Waals surface area contributed by atoms with Gasteiger partial charge in [-0.25, -0.2) is 0 Å². The van der Waals surface area contributed by atoms with Gasteiger partial charge in [0.2, 0.25) is 0 Å². The Bertz CT molecular complexity index is 380. The molecule has 0 aliphatic rings. The molecule has 0 saturated carbocycles. The van der Waals surface area contributed by atoms with Crippen LogP contribution in [0.25, 0.3) is 0 Å². The molecule has 0 aliphatic heterocycles. The average molecular weight is 362 g/mol. The van der Waals surface area contributed by atoms with Gasteiger partial charge in [-0.1, -0.05) is 98.9 Å². The minimum atomic E-state index is 0. The predicted molar refractivity (Wildman–Crippen MR) is 121 cm³/mol. The monoisotopic (exact) mass is 361 g/mol. The van der Waals surface area contributed by atoms with Crippen molar-refractivity contribution < 1.29 is 0 Å². The van der Waals surface area contributed by atoms with Gasteiger partial charge in [0.05, 0.1) is 0 Å². The summed E-state index contributed by atoms with van der Waals surface area (Å²) in [5.41, 5.74) is 0. The Balaban J connectivity index is -0.0000000717. The molecule has 3 rings (SSSR count). The molecule has 26 heavy (non-hydrogen) atoms. The summed E-state index contributed by atoms with van der Waals surface area (Å²) < 4.78 is 1.75. The van der Waals surface area contributed by atoms with Crippen molar-refractivity contribution in [2.75, 3.05) is 0 Å². The third kappa shape index (κ3) is 33.2. The minimum absolute atomic E-state index is 0. The molecule has 0 atom stereocenters. The van der Waals surface area contributed by atoms with E-state index in [9.17, 15) is 0 Å². The zero-order valence-corrected chi connectivity index (χ0v) is 16.4. The Labute approximate surface area is 164 Å². The number of nitrogens with zero attached hydrogens (tertiary/aromatic N) is 3. The number of aromatic nitrogens is 3. The number of aryl methyl sites for hydroxylation is 1. The van der Waals surface area contributed by atoms with Crippen LogP contribution in [-0.2, 0) is 7.05 Å². The van der Waals surface area contributed by atoms with Gasteiger partial charge in [0.1, 0.15) is 0 Å². The normalized spacial score (nSPS) is 6.42. The van der Waals surface area contributed by atoms with Crippen LogP contribution in [0.1, 0.15) is 56.4 Å². The molecule has 2 aromatic heterocycles. The fraction of sp³-hybridized carbons (Fsp3) is 0.391. The van der Waals surface area contributed by atoms with E-state index < -0.39 is 0 Å². The molecule has 150 valence electrons. The van der Waals surface area contributed by atoms with Gasteiger partial charge in [-0.15, -0.1) is 0 Å². The van der Waals surface area contributed by atoms with E-state index in [1.807, 2.05) is 115 Å². The first kappa shape index (κ1) is 34.8. The molecule has 3 aromatic rings. The van der Waals surface area contributed by atoms with Crippen LogP contribution in [0.15, 0.2) is 85.5 Å². The molecule has 0 N–H and O–H groups in total. The van der Waals surface area contributed by atoms with E-state index in [1.54, 1.807) is 23.3 Å². The average Bonchev–Trinajstić information content (AvgIpc) is 3.21. The van der Waals surface area contributed by atoms with Crippen molar-refractivity contribution in [3.05, 3.63) is 85.5 Å². The largest absolute Gasteiger partial charge is 0.276 e. The van der Waals surface area contributed by atoms with E-state index >= 15 is 0 Å². The van der Waals surface area contributed by atoms with Crippen molar-refractivity contribution in [3.8, 4) is 0 Å². The maximum Gasteiger partial charge on any atom is 0.0489 e. The maximum absolute atomic E-state index is 3.83. The number of benzene rings is 1. The molecular formula is C23H43N3. The van der Waals surface area contributed by atoms with Crippen LogP contribution in [0.5, 0.6) is 0 Å². The summed E-state index contributed by atoms with van der Waals surface area (Å²) in [7, 11) is 1.89. The molecule has 0 fully saturated rings. The van der Waals surface area contributed by atoms with E-state index in [0.29, 0.717) is 0 Å². The summed E-state index contributed by atoms with van der Waals surface area (Å²) in [6.45, 7) is 12.0. The molecule has 0 aliphatic carbocycles. The third-order valence-electron chi connectivity index (χ3n) is 1.87. The molecule has 0 bridgehead atoms. The Morgan fingerprint density at radius 3 is 0.962 bits per heavy atom. The second kappa shape index (κ2) is 38.3. The highest BCUT2D eigenvalue weighted by Gasteiger charge is 1.69. The molecule has 0 amide bonds. The molecule has 3 nitrogen and oxygen atoms in total. The van der Waals surface area contributed by atoms with Gasteiger partial charge in [-0.3, -0.25) is 9.67 Å². The van der Waals surface area contributed by atoms with E-state index in [0.717, 1.165) is 0 Å². The standard InChI is InChI=1S/C6H6.C5H5N.C4H6N2.3C2H6.2CH4/c2*1-2-4-6-5-3-1;1-6-4-2-3-5-6;3*1-2;;/h1-6H;1-5H;2-4H,1H3;3*1-2H3;2*1H4. The van der Waals surface area contributed by atoms with Crippen LogP contribution in [-0.4, -0.2) is 14.8 Å². The minimum Gasteiger partial charge on any atom is -0.276 e. The molecule has 0 radical (unpaired) electrons. The second-order valence-corrected chi connectivity index (χ2v) is 3.36. The Morgan fingerprint density at radius 2 is 0.846 bits per heavy atom. The lowest BCUT2D eigenvalue weighted by Crippen LogP contribution is -1.83. The van der Waals surface area contributed by atoms with Crippen molar-refractivity contribution in [1.29, 1.82) is 0 Å². The maximum atomic E-state index is 3.83. The van der Waals surface area contributed by atoms with Crippen LogP contribution in [0.3, 0.4) is 0 Å². The van der Waals surface area contributed by atoms with Gasteiger partial charge in [0.25, 0.3) is 0 Å². The van der Waals surface area contributed by atoms with Crippen LogP contribution in [0.2, 0.25) is 0 Å². The predicted octanol–water partition coefficient (Wildman–Crippen LogP) is 7.54. The Morgan fingerprint density at radius 1 is 0.500 bits per heavy atom. The summed E-state index contributed by atoms with van der Waals surface area (Å²) >= 11 is 0. The fourth-order valence-electron chi connectivity index (χ4n) is 1.04. The molecule has 2 heterocycles. The van der Waals surface area contributed by atoms with Crippen molar-refractivity contribution >= 4 is 0 Å². The van der Waals surface area contributed by atoms with Gasteiger partial charge < -0.3 is 0 Å². The van der Waals surface area contributed by atoms with Crippen LogP contribution < -0.4 is 0 Å². The quantitative estimate of drug-likeness (QED) is 0.414. The molecule has 3 heteroatoms. The highest BCUT2D eigenvalue weighted by molar-refractivity contribution is 4.99. The van der Waals surface area contributed by atoms with E-state index in [1.165, 1.54) is 0 Å². The highest BCUT2D eigenvalue weighted by atomic mass is 15.2. The number of hydrogen-bond acceptors (Lipinski definition) is 2. The number of rotatable bonds is 0. The topological polar surface area (TPSA) is 30.7 Å². The van der Waals surface area contributed by atoms with Gasteiger partial charge >= 0.3 is 0 Å². The Hall–Kier alpha value is -2.42. The van der Waals surface area contributed by atoms with Crippen molar-refractivity contribution in [2.45, 2.75) is 56.4 Å². The smallest absolute Gasteiger partial charge is 0.0489 e. The fourth-order valence-corrected chi connectivity index (χ4v) is 1.04. The van der Waals surface area contributed by atoms with E-state index in [2.05, 4.69) is 10.1 Å².